The number of nitrogens with one attached hydrogen (secondary N) is 1. The molecule has 1 aromatic rings. The van der Waals surface area contributed by atoms with E-state index in [0.29, 0.717) is 18.9 Å². The van der Waals surface area contributed by atoms with E-state index in [2.05, 4.69) is 19.2 Å². The molecule has 1 aromatic carbocycles. The number of rotatable bonds is 5. The van der Waals surface area contributed by atoms with E-state index in [-0.39, 0.29) is 24.4 Å². The van der Waals surface area contributed by atoms with Crippen LogP contribution in [0.1, 0.15) is 31.9 Å². The van der Waals surface area contributed by atoms with Crippen molar-refractivity contribution >= 4 is 18.3 Å². The van der Waals surface area contributed by atoms with E-state index < -0.39 is 0 Å². The summed E-state index contributed by atoms with van der Waals surface area (Å²) in [5, 5.41) is 3.01. The van der Waals surface area contributed by atoms with Gasteiger partial charge in [0.05, 0.1) is 6.04 Å². The average molecular weight is 257 g/mol. The van der Waals surface area contributed by atoms with Crippen molar-refractivity contribution in [2.75, 3.05) is 6.54 Å². The van der Waals surface area contributed by atoms with Gasteiger partial charge in [-0.1, -0.05) is 44.2 Å². The first-order valence-electron chi connectivity index (χ1n) is 5.69. The molecule has 3 N–H and O–H groups in total. The normalized spacial score (nSPS) is 11.8. The van der Waals surface area contributed by atoms with Gasteiger partial charge in [0.25, 0.3) is 0 Å². The molecule has 1 unspecified atom stereocenters. The van der Waals surface area contributed by atoms with E-state index in [9.17, 15) is 4.79 Å². The third-order valence-electron chi connectivity index (χ3n) is 2.51. The molecule has 1 amide bonds. The highest BCUT2D eigenvalue weighted by Gasteiger charge is 2.17. The van der Waals surface area contributed by atoms with Crippen molar-refractivity contribution in [3.05, 3.63) is 35.9 Å². The van der Waals surface area contributed by atoms with E-state index in [4.69, 9.17) is 5.73 Å². The van der Waals surface area contributed by atoms with Crippen LogP contribution in [0, 0.1) is 5.92 Å². The van der Waals surface area contributed by atoms with Gasteiger partial charge in [0.15, 0.2) is 0 Å². The summed E-state index contributed by atoms with van der Waals surface area (Å²) in [6, 6.07) is 10.1. The molecule has 0 bridgehead atoms. The second kappa shape index (κ2) is 8.09. The molecule has 0 heterocycles. The maximum absolute atomic E-state index is 11.5. The molecule has 1 atom stereocenters. The highest BCUT2D eigenvalue weighted by atomic mass is 35.5. The topological polar surface area (TPSA) is 55.1 Å². The molecular formula is C13H21ClN2O. The Balaban J connectivity index is 0.00000256. The average Bonchev–Trinajstić information content (AvgIpc) is 2.27. The van der Waals surface area contributed by atoms with Crippen LogP contribution in [0.5, 0.6) is 0 Å². The highest BCUT2D eigenvalue weighted by molar-refractivity contribution is 5.85. The van der Waals surface area contributed by atoms with Gasteiger partial charge in [0.1, 0.15) is 0 Å². The van der Waals surface area contributed by atoms with Crippen LogP contribution in [-0.2, 0) is 4.79 Å². The largest absolute Gasteiger partial charge is 0.349 e. The van der Waals surface area contributed by atoms with Crippen molar-refractivity contribution in [3.63, 3.8) is 0 Å². The molecule has 0 spiro atoms. The van der Waals surface area contributed by atoms with Crippen LogP contribution in [-0.4, -0.2) is 12.5 Å². The lowest BCUT2D eigenvalue weighted by Gasteiger charge is -2.22. The summed E-state index contributed by atoms with van der Waals surface area (Å²) in [6.07, 6.45) is 0.385. The fourth-order valence-electron chi connectivity index (χ4n) is 1.67. The highest BCUT2D eigenvalue weighted by Crippen LogP contribution is 2.21. The zero-order valence-corrected chi connectivity index (χ0v) is 11.2. The molecule has 0 aliphatic carbocycles. The lowest BCUT2D eigenvalue weighted by Crippen LogP contribution is -2.32. The third-order valence-corrected chi connectivity index (χ3v) is 2.51. The predicted molar refractivity (Wildman–Crippen MR) is 73.1 cm³/mol. The van der Waals surface area contributed by atoms with Gasteiger partial charge in [-0.2, -0.15) is 0 Å². The standard InChI is InChI=1S/C13H20N2O.ClH/c1-10(2)13(15-12(16)8-9-14)11-6-4-3-5-7-11;/h3-7,10,13H,8-9,14H2,1-2H3,(H,15,16);1H. The Morgan fingerprint density at radius 2 is 1.88 bits per heavy atom. The number of amides is 1. The Morgan fingerprint density at radius 1 is 1.29 bits per heavy atom. The zero-order chi connectivity index (χ0) is 12.0. The summed E-state index contributed by atoms with van der Waals surface area (Å²) >= 11 is 0. The first-order chi connectivity index (χ1) is 7.65. The molecule has 0 aliphatic rings. The van der Waals surface area contributed by atoms with Gasteiger partial charge in [0.2, 0.25) is 5.91 Å². The molecule has 4 heteroatoms. The molecule has 0 aromatic heterocycles. The Kier molecular flexibility index (Phi) is 7.59. The summed E-state index contributed by atoms with van der Waals surface area (Å²) in [5.41, 5.74) is 6.50. The summed E-state index contributed by atoms with van der Waals surface area (Å²) < 4.78 is 0. The van der Waals surface area contributed by atoms with E-state index in [1.54, 1.807) is 0 Å². The van der Waals surface area contributed by atoms with Crippen LogP contribution >= 0.6 is 12.4 Å². The fourth-order valence-corrected chi connectivity index (χ4v) is 1.67. The Hall–Kier alpha value is -1.06. The quantitative estimate of drug-likeness (QED) is 0.849. The molecule has 3 nitrogen and oxygen atoms in total. The lowest BCUT2D eigenvalue weighted by atomic mass is 9.96. The number of nitrogens with two attached hydrogens (primary N) is 1. The number of halogens is 1. The smallest absolute Gasteiger partial charge is 0.221 e. The van der Waals surface area contributed by atoms with E-state index in [0.717, 1.165) is 5.56 Å². The van der Waals surface area contributed by atoms with Gasteiger partial charge in [0, 0.05) is 13.0 Å². The van der Waals surface area contributed by atoms with Gasteiger partial charge in [-0.05, 0) is 11.5 Å². The minimum absolute atomic E-state index is 0. The van der Waals surface area contributed by atoms with Gasteiger partial charge in [-0.15, -0.1) is 12.4 Å². The second-order valence-corrected chi connectivity index (χ2v) is 4.24. The van der Waals surface area contributed by atoms with Gasteiger partial charge >= 0.3 is 0 Å². The van der Waals surface area contributed by atoms with Crippen LogP contribution in [0.25, 0.3) is 0 Å². The minimum atomic E-state index is 0. The number of benzene rings is 1. The fraction of sp³-hybridized carbons (Fsp3) is 0.462. The molecule has 0 saturated carbocycles. The summed E-state index contributed by atoms with van der Waals surface area (Å²) in [7, 11) is 0. The van der Waals surface area contributed by atoms with Crippen LogP contribution in [0.15, 0.2) is 30.3 Å². The molecule has 0 fully saturated rings. The van der Waals surface area contributed by atoms with Crippen molar-refractivity contribution < 1.29 is 4.79 Å². The number of carbonyl (C=O) groups is 1. The molecule has 0 aliphatic heterocycles. The molecule has 0 radical (unpaired) electrons. The number of hydrogen-bond donors (Lipinski definition) is 2. The van der Waals surface area contributed by atoms with E-state index >= 15 is 0 Å². The van der Waals surface area contributed by atoms with Crippen LogP contribution in [0.3, 0.4) is 0 Å². The summed E-state index contributed by atoms with van der Waals surface area (Å²) in [4.78, 5) is 11.5. The molecule has 17 heavy (non-hydrogen) atoms. The van der Waals surface area contributed by atoms with E-state index in [1.807, 2.05) is 30.3 Å². The minimum Gasteiger partial charge on any atom is -0.349 e. The van der Waals surface area contributed by atoms with Crippen LogP contribution < -0.4 is 11.1 Å². The van der Waals surface area contributed by atoms with Crippen LogP contribution in [0.2, 0.25) is 0 Å². The third kappa shape index (κ3) is 5.20. The zero-order valence-electron chi connectivity index (χ0n) is 10.3. The number of carbonyl (C=O) groups excluding carboxylic acids is 1. The molecular weight excluding hydrogens is 236 g/mol. The van der Waals surface area contributed by atoms with Gasteiger partial charge in [-0.3, -0.25) is 4.79 Å². The van der Waals surface area contributed by atoms with Crippen molar-refractivity contribution in [2.45, 2.75) is 26.3 Å². The molecule has 1 rings (SSSR count). The lowest BCUT2D eigenvalue weighted by molar-refractivity contribution is -0.122. The van der Waals surface area contributed by atoms with Crippen molar-refractivity contribution in [1.29, 1.82) is 0 Å². The van der Waals surface area contributed by atoms with Crippen molar-refractivity contribution in [1.82, 2.24) is 5.32 Å². The maximum Gasteiger partial charge on any atom is 0.221 e. The maximum atomic E-state index is 11.5. The van der Waals surface area contributed by atoms with Crippen LogP contribution in [0.4, 0.5) is 0 Å². The Morgan fingerprint density at radius 3 is 2.35 bits per heavy atom. The Bertz CT molecular complexity index is 327. The first-order valence-corrected chi connectivity index (χ1v) is 5.69. The predicted octanol–water partition coefficient (Wildman–Crippen LogP) is 2.27. The monoisotopic (exact) mass is 256 g/mol. The SMILES string of the molecule is CC(C)C(NC(=O)CCN)c1ccccc1.Cl. The van der Waals surface area contributed by atoms with E-state index in [1.165, 1.54) is 0 Å². The Labute approximate surface area is 109 Å². The van der Waals surface area contributed by atoms with Crippen molar-refractivity contribution in [3.8, 4) is 0 Å². The van der Waals surface area contributed by atoms with Gasteiger partial charge in [-0.25, -0.2) is 0 Å². The molecule has 96 valence electrons. The summed E-state index contributed by atoms with van der Waals surface area (Å²) in [5.74, 6) is 0.383. The first kappa shape index (κ1) is 15.9. The van der Waals surface area contributed by atoms with Gasteiger partial charge < -0.3 is 11.1 Å². The molecule has 0 saturated heterocycles. The second-order valence-electron chi connectivity index (χ2n) is 4.24. The summed E-state index contributed by atoms with van der Waals surface area (Å²) in [6.45, 7) is 4.59. The van der Waals surface area contributed by atoms with Crippen molar-refractivity contribution in [2.24, 2.45) is 11.7 Å². The number of hydrogen-bond acceptors (Lipinski definition) is 2.